The summed E-state index contributed by atoms with van der Waals surface area (Å²) in [5, 5.41) is 3.32. The predicted molar refractivity (Wildman–Crippen MR) is 66.5 cm³/mol. The van der Waals surface area contributed by atoms with Crippen molar-refractivity contribution >= 4 is 5.69 Å². The number of nitrogens with one attached hydrogen (secondary N) is 1. The molecule has 0 saturated carbocycles. The molecule has 2 nitrogen and oxygen atoms in total. The number of rotatable bonds is 5. The van der Waals surface area contributed by atoms with Crippen molar-refractivity contribution < 1.29 is 4.42 Å². The Balaban J connectivity index is 1.89. The zero-order valence-corrected chi connectivity index (χ0v) is 9.57. The Kier molecular flexibility index (Phi) is 3.65. The fourth-order valence-corrected chi connectivity index (χ4v) is 1.64. The van der Waals surface area contributed by atoms with Gasteiger partial charge in [0, 0.05) is 12.1 Å². The van der Waals surface area contributed by atoms with Crippen molar-refractivity contribution in [3.05, 3.63) is 54.0 Å². The zero-order chi connectivity index (χ0) is 11.2. The largest absolute Gasteiger partial charge is 0.464 e. The molecule has 0 aliphatic carbocycles. The number of anilines is 1. The zero-order valence-electron chi connectivity index (χ0n) is 9.57. The molecule has 0 amide bonds. The van der Waals surface area contributed by atoms with Crippen molar-refractivity contribution in [2.75, 3.05) is 5.32 Å². The molecular formula is C14H17NO. The van der Waals surface area contributed by atoms with E-state index in [1.165, 1.54) is 0 Å². The normalized spacial score (nSPS) is 10.3. The minimum atomic E-state index is 0.744. The molecule has 0 bridgehead atoms. The van der Waals surface area contributed by atoms with Gasteiger partial charge in [0.05, 0.1) is 6.54 Å². The van der Waals surface area contributed by atoms with E-state index in [2.05, 4.69) is 30.4 Å². The van der Waals surface area contributed by atoms with Crippen LogP contribution in [0.3, 0.4) is 0 Å². The van der Waals surface area contributed by atoms with E-state index >= 15 is 0 Å². The highest BCUT2D eigenvalue weighted by Crippen LogP contribution is 2.12. The number of benzene rings is 1. The lowest BCUT2D eigenvalue weighted by molar-refractivity contribution is 0.468. The number of hydrogen-bond acceptors (Lipinski definition) is 2. The van der Waals surface area contributed by atoms with Crippen molar-refractivity contribution in [1.82, 2.24) is 0 Å². The van der Waals surface area contributed by atoms with Crippen LogP contribution in [0.4, 0.5) is 5.69 Å². The summed E-state index contributed by atoms with van der Waals surface area (Å²) in [4.78, 5) is 0. The highest BCUT2D eigenvalue weighted by atomic mass is 16.3. The summed E-state index contributed by atoms with van der Waals surface area (Å²) in [6.07, 6.45) is 2.14. The molecule has 0 unspecified atom stereocenters. The predicted octanol–water partition coefficient (Wildman–Crippen LogP) is 3.84. The van der Waals surface area contributed by atoms with Crippen LogP contribution >= 0.6 is 0 Å². The van der Waals surface area contributed by atoms with Gasteiger partial charge in [0.25, 0.3) is 0 Å². The van der Waals surface area contributed by atoms with Gasteiger partial charge in [0.15, 0.2) is 0 Å². The van der Waals surface area contributed by atoms with Crippen LogP contribution in [0.1, 0.15) is 24.9 Å². The monoisotopic (exact) mass is 215 g/mol. The van der Waals surface area contributed by atoms with Crippen LogP contribution in [0.5, 0.6) is 0 Å². The first kappa shape index (κ1) is 10.8. The van der Waals surface area contributed by atoms with Gasteiger partial charge in [-0.1, -0.05) is 25.1 Å². The van der Waals surface area contributed by atoms with Crippen LogP contribution in [-0.2, 0) is 13.0 Å². The van der Waals surface area contributed by atoms with E-state index in [9.17, 15) is 0 Å². The summed E-state index contributed by atoms with van der Waals surface area (Å²) in [5.41, 5.74) is 1.12. The summed E-state index contributed by atoms with van der Waals surface area (Å²) < 4.78 is 5.68. The molecule has 0 spiro atoms. The Hall–Kier alpha value is -1.70. The molecule has 16 heavy (non-hydrogen) atoms. The van der Waals surface area contributed by atoms with E-state index in [4.69, 9.17) is 4.42 Å². The molecular weight excluding hydrogens is 198 g/mol. The van der Waals surface area contributed by atoms with Crippen LogP contribution in [0, 0.1) is 0 Å². The Morgan fingerprint density at radius 1 is 1.00 bits per heavy atom. The van der Waals surface area contributed by atoms with E-state index in [1.807, 2.05) is 24.3 Å². The topological polar surface area (TPSA) is 25.2 Å². The van der Waals surface area contributed by atoms with E-state index in [0.29, 0.717) is 0 Å². The lowest BCUT2D eigenvalue weighted by Crippen LogP contribution is -1.97. The number of aryl methyl sites for hydroxylation is 1. The fourth-order valence-electron chi connectivity index (χ4n) is 1.64. The van der Waals surface area contributed by atoms with E-state index in [-0.39, 0.29) is 0 Å². The molecule has 0 aliphatic rings. The Morgan fingerprint density at radius 2 is 1.75 bits per heavy atom. The molecule has 2 aromatic rings. The van der Waals surface area contributed by atoms with Gasteiger partial charge in [-0.05, 0) is 30.7 Å². The molecule has 1 aromatic carbocycles. The van der Waals surface area contributed by atoms with Gasteiger partial charge in [-0.25, -0.2) is 0 Å². The third-order valence-electron chi connectivity index (χ3n) is 2.45. The molecule has 0 fully saturated rings. The first-order valence-electron chi connectivity index (χ1n) is 5.75. The SMILES string of the molecule is CCCc1ccc(CNc2ccccc2)o1. The highest BCUT2D eigenvalue weighted by Gasteiger charge is 2.00. The van der Waals surface area contributed by atoms with Gasteiger partial charge in [0.2, 0.25) is 0 Å². The minimum absolute atomic E-state index is 0.744. The molecule has 1 aromatic heterocycles. The number of furan rings is 1. The molecule has 0 saturated heterocycles. The molecule has 2 heteroatoms. The maximum Gasteiger partial charge on any atom is 0.123 e. The lowest BCUT2D eigenvalue weighted by atomic mass is 10.3. The maximum absolute atomic E-state index is 5.68. The van der Waals surface area contributed by atoms with E-state index in [1.54, 1.807) is 0 Å². The van der Waals surface area contributed by atoms with Gasteiger partial charge >= 0.3 is 0 Å². The molecule has 0 atom stereocenters. The quantitative estimate of drug-likeness (QED) is 0.819. The fraction of sp³-hybridized carbons (Fsp3) is 0.286. The first-order chi connectivity index (χ1) is 7.88. The minimum Gasteiger partial charge on any atom is -0.464 e. The average molecular weight is 215 g/mol. The molecule has 1 N–H and O–H groups in total. The summed E-state index contributed by atoms with van der Waals surface area (Å²) in [5.74, 6) is 2.07. The molecule has 2 rings (SSSR count). The average Bonchev–Trinajstić information content (AvgIpc) is 2.76. The van der Waals surface area contributed by atoms with Crippen molar-refractivity contribution in [3.8, 4) is 0 Å². The molecule has 84 valence electrons. The molecule has 0 radical (unpaired) electrons. The third kappa shape index (κ3) is 2.89. The van der Waals surface area contributed by atoms with E-state index < -0.39 is 0 Å². The van der Waals surface area contributed by atoms with Crippen molar-refractivity contribution in [2.45, 2.75) is 26.3 Å². The van der Waals surface area contributed by atoms with Crippen molar-refractivity contribution in [3.63, 3.8) is 0 Å². The first-order valence-corrected chi connectivity index (χ1v) is 5.75. The second-order valence-electron chi connectivity index (χ2n) is 3.84. The van der Waals surface area contributed by atoms with Crippen molar-refractivity contribution in [1.29, 1.82) is 0 Å². The summed E-state index contributed by atoms with van der Waals surface area (Å²) >= 11 is 0. The number of hydrogen-bond donors (Lipinski definition) is 1. The smallest absolute Gasteiger partial charge is 0.123 e. The Morgan fingerprint density at radius 3 is 2.50 bits per heavy atom. The van der Waals surface area contributed by atoms with Crippen LogP contribution in [-0.4, -0.2) is 0 Å². The van der Waals surface area contributed by atoms with E-state index in [0.717, 1.165) is 36.6 Å². The summed E-state index contributed by atoms with van der Waals surface area (Å²) in [6.45, 7) is 2.90. The summed E-state index contributed by atoms with van der Waals surface area (Å²) in [6, 6.07) is 14.3. The Bertz CT molecular complexity index is 419. The van der Waals surface area contributed by atoms with Crippen LogP contribution < -0.4 is 5.32 Å². The van der Waals surface area contributed by atoms with Gasteiger partial charge < -0.3 is 9.73 Å². The second-order valence-corrected chi connectivity index (χ2v) is 3.84. The van der Waals surface area contributed by atoms with Gasteiger partial charge in [-0.3, -0.25) is 0 Å². The third-order valence-corrected chi connectivity index (χ3v) is 2.45. The molecule has 1 heterocycles. The second kappa shape index (κ2) is 5.40. The maximum atomic E-state index is 5.68. The highest BCUT2D eigenvalue weighted by molar-refractivity contribution is 5.42. The van der Waals surface area contributed by atoms with Crippen LogP contribution in [0.25, 0.3) is 0 Å². The lowest BCUT2D eigenvalue weighted by Gasteiger charge is -2.03. The van der Waals surface area contributed by atoms with Gasteiger partial charge in [-0.2, -0.15) is 0 Å². The van der Waals surface area contributed by atoms with Crippen LogP contribution in [0.15, 0.2) is 46.9 Å². The van der Waals surface area contributed by atoms with Gasteiger partial charge in [-0.15, -0.1) is 0 Å². The molecule has 0 aliphatic heterocycles. The standard InChI is InChI=1S/C14H17NO/c1-2-6-13-9-10-14(16-13)11-15-12-7-4-3-5-8-12/h3-5,7-10,15H,2,6,11H2,1H3. The van der Waals surface area contributed by atoms with Gasteiger partial charge in [0.1, 0.15) is 11.5 Å². The van der Waals surface area contributed by atoms with Crippen molar-refractivity contribution in [2.24, 2.45) is 0 Å². The summed E-state index contributed by atoms with van der Waals surface area (Å²) in [7, 11) is 0. The van der Waals surface area contributed by atoms with Crippen LogP contribution in [0.2, 0.25) is 0 Å². The number of para-hydroxylation sites is 1. The Labute approximate surface area is 96.3 Å².